The van der Waals surface area contributed by atoms with Crippen molar-refractivity contribution >= 4 is 44.4 Å². The molecular formula is C20H12BrF17INO. The van der Waals surface area contributed by atoms with Gasteiger partial charge in [0.2, 0.25) is 0 Å². The highest BCUT2D eigenvalue weighted by Crippen LogP contribution is 2.64. The van der Waals surface area contributed by atoms with Crippen LogP contribution >= 0.6 is 38.5 Å². The van der Waals surface area contributed by atoms with E-state index in [1.54, 1.807) is 0 Å². The van der Waals surface area contributed by atoms with Crippen LogP contribution in [0.1, 0.15) is 23.2 Å². The summed E-state index contributed by atoms with van der Waals surface area (Å²) in [7, 11) is 0. The number of hydrogen-bond donors (Lipinski definition) is 1. The quantitative estimate of drug-likeness (QED) is 0.127. The van der Waals surface area contributed by atoms with Crippen molar-refractivity contribution in [1.29, 1.82) is 0 Å². The van der Waals surface area contributed by atoms with Crippen LogP contribution in [0.4, 0.5) is 74.6 Å². The highest BCUT2D eigenvalue weighted by atomic mass is 127. The van der Waals surface area contributed by atoms with E-state index in [2.05, 4.69) is 21.2 Å². The second-order valence-electron chi connectivity index (χ2n) is 8.02. The monoisotopic (exact) mass is 811 g/mol. The summed E-state index contributed by atoms with van der Waals surface area (Å²) in [5.74, 6) is -57.4. The van der Waals surface area contributed by atoms with Gasteiger partial charge >= 0.3 is 47.6 Å². The lowest BCUT2D eigenvalue weighted by atomic mass is 9.89. The first-order valence-electron chi connectivity index (χ1n) is 10.2. The van der Waals surface area contributed by atoms with E-state index in [-0.39, 0.29) is 12.1 Å². The fourth-order valence-electron chi connectivity index (χ4n) is 2.70. The number of amides is 1. The maximum absolute atomic E-state index is 14.0. The van der Waals surface area contributed by atoms with Gasteiger partial charge in [-0.05, 0) is 63.3 Å². The van der Waals surface area contributed by atoms with Crippen LogP contribution in [0, 0.1) is 0 Å². The maximum atomic E-state index is 14.0. The average Bonchev–Trinajstić information content (AvgIpc) is 2.80. The number of benzene rings is 1. The topological polar surface area (TPSA) is 29.1 Å². The van der Waals surface area contributed by atoms with Gasteiger partial charge in [-0.2, -0.15) is 74.6 Å². The number of nitrogens with one attached hydrogen (secondary N) is 1. The Balaban J connectivity index is 3.19. The number of hydrogen-bond acceptors (Lipinski definition) is 1. The van der Waals surface area contributed by atoms with Crippen molar-refractivity contribution in [2.75, 3.05) is 6.54 Å². The molecule has 2 nitrogen and oxygen atoms in total. The van der Waals surface area contributed by atoms with Crippen molar-refractivity contribution in [2.24, 2.45) is 0 Å². The molecule has 0 spiro atoms. The molecule has 0 aromatic heterocycles. The lowest BCUT2D eigenvalue weighted by Gasteiger charge is -2.42. The summed E-state index contributed by atoms with van der Waals surface area (Å²) >= 11 is 3.87. The number of carbonyl (C=O) groups excluding carboxylic acids is 1. The van der Waals surface area contributed by atoms with Gasteiger partial charge in [-0.1, -0.05) is 15.9 Å². The molecule has 0 bridgehead atoms. The summed E-state index contributed by atoms with van der Waals surface area (Å²) in [6, 6.07) is 5.60. The Morgan fingerprint density at radius 1 is 0.683 bits per heavy atom. The molecule has 21 heteroatoms. The van der Waals surface area contributed by atoms with Gasteiger partial charge < -0.3 is 5.32 Å². The third-order valence-corrected chi connectivity index (χ3v) is 6.45. The van der Waals surface area contributed by atoms with Crippen LogP contribution in [0.25, 0.3) is 0 Å². The maximum Gasteiger partial charge on any atom is 0.460 e. The van der Waals surface area contributed by atoms with Crippen LogP contribution in [0.5, 0.6) is 0 Å². The van der Waals surface area contributed by atoms with Crippen molar-refractivity contribution in [3.8, 4) is 0 Å². The third kappa shape index (κ3) is 6.68. The summed E-state index contributed by atoms with van der Waals surface area (Å²) in [6.07, 6.45) is -10.1. The van der Waals surface area contributed by atoms with Crippen LogP contribution in [-0.2, 0) is 0 Å². The molecule has 41 heavy (non-hydrogen) atoms. The first-order valence-corrected chi connectivity index (χ1v) is 12.0. The Morgan fingerprint density at radius 2 is 1.07 bits per heavy atom. The molecule has 1 amide bonds. The Kier molecular flexibility index (Phi) is 10.8. The van der Waals surface area contributed by atoms with Gasteiger partial charge in [-0.3, -0.25) is 4.79 Å². The van der Waals surface area contributed by atoms with E-state index < -0.39 is 76.0 Å². The molecule has 1 aromatic carbocycles. The van der Waals surface area contributed by atoms with Gasteiger partial charge in [0.05, 0.1) is 0 Å². The predicted molar refractivity (Wildman–Crippen MR) is 118 cm³/mol. The van der Waals surface area contributed by atoms with Gasteiger partial charge in [-0.25, -0.2) is 0 Å². The zero-order valence-corrected chi connectivity index (χ0v) is 22.8. The fourth-order valence-corrected chi connectivity index (χ4v) is 3.73. The molecule has 1 aromatic rings. The van der Waals surface area contributed by atoms with E-state index in [1.165, 1.54) is 24.3 Å². The number of rotatable bonds is 12. The molecule has 0 unspecified atom stereocenters. The van der Waals surface area contributed by atoms with Crippen LogP contribution < -0.4 is 5.32 Å². The lowest BCUT2D eigenvalue weighted by molar-refractivity contribution is -0.459. The second kappa shape index (κ2) is 11.9. The van der Waals surface area contributed by atoms with Gasteiger partial charge in [0.25, 0.3) is 5.91 Å². The number of halogens is 19. The van der Waals surface area contributed by atoms with Crippen molar-refractivity contribution in [2.45, 2.75) is 60.5 Å². The molecule has 0 aliphatic rings. The largest absolute Gasteiger partial charge is 0.460 e. The molecular weight excluding hydrogens is 800 g/mol. The van der Waals surface area contributed by atoms with E-state index in [0.29, 0.717) is 4.47 Å². The van der Waals surface area contributed by atoms with Gasteiger partial charge in [0.15, 0.2) is 0 Å². The van der Waals surface area contributed by atoms with Gasteiger partial charge in [-0.15, -0.1) is 0 Å². The first-order chi connectivity index (χ1) is 18.0. The van der Waals surface area contributed by atoms with E-state index in [1.807, 2.05) is 0 Å². The highest BCUT2D eigenvalue weighted by Gasteiger charge is 2.95. The van der Waals surface area contributed by atoms with Crippen molar-refractivity contribution in [3.63, 3.8) is 0 Å². The second-order valence-corrected chi connectivity index (χ2v) is 10.3. The molecule has 0 aliphatic carbocycles. The number of carbonyl (C=O) groups is 1. The minimum absolute atomic E-state index is 0.100. The minimum Gasteiger partial charge on any atom is -0.352 e. The lowest BCUT2D eigenvalue weighted by Crippen LogP contribution is -2.74. The SMILES string of the molecule is O=C(NCCCC(I)=CC(F)(F)C(F)(F)C(F)(F)C(F)(F)C(F)(F)C(F)(F)C(F)(F)C(F)(F)F)c1ccc(Br)cc1. The minimum atomic E-state index is -8.66. The van der Waals surface area contributed by atoms with Crippen molar-refractivity contribution < 1.29 is 79.4 Å². The summed E-state index contributed by atoms with van der Waals surface area (Å²) in [5.41, 5.74) is 0.100. The van der Waals surface area contributed by atoms with Crippen LogP contribution in [0.3, 0.4) is 0 Å². The molecule has 0 saturated heterocycles. The number of allylic oxidation sites excluding steroid dienone is 2. The molecule has 0 saturated carbocycles. The van der Waals surface area contributed by atoms with E-state index in [0.717, 1.165) is 22.6 Å². The molecule has 0 radical (unpaired) electrons. The predicted octanol–water partition coefficient (Wildman–Crippen LogP) is 9.29. The van der Waals surface area contributed by atoms with Crippen LogP contribution in [-0.4, -0.2) is 60.1 Å². The van der Waals surface area contributed by atoms with Crippen molar-refractivity contribution in [1.82, 2.24) is 5.32 Å². The summed E-state index contributed by atoms with van der Waals surface area (Å²) in [6.45, 7) is -0.375. The van der Waals surface area contributed by atoms with Crippen LogP contribution in [0.15, 0.2) is 38.4 Å². The van der Waals surface area contributed by atoms with Gasteiger partial charge in [0, 0.05) is 22.7 Å². The first kappa shape index (κ1) is 37.5. The zero-order valence-electron chi connectivity index (χ0n) is 19.1. The van der Waals surface area contributed by atoms with E-state index in [4.69, 9.17) is 0 Å². The van der Waals surface area contributed by atoms with E-state index in [9.17, 15) is 79.4 Å². The zero-order chi connectivity index (χ0) is 32.7. The number of alkyl halides is 17. The summed E-state index contributed by atoms with van der Waals surface area (Å²) < 4.78 is 226. The fraction of sp³-hybridized carbons (Fsp3) is 0.550. The molecule has 0 fully saturated rings. The Hall–Kier alpha value is -1.55. The molecule has 1 N–H and O–H groups in total. The Labute approximate surface area is 240 Å². The van der Waals surface area contributed by atoms with Crippen LogP contribution in [0.2, 0.25) is 0 Å². The van der Waals surface area contributed by atoms with E-state index >= 15 is 0 Å². The smallest absolute Gasteiger partial charge is 0.352 e. The molecule has 236 valence electrons. The highest BCUT2D eigenvalue weighted by molar-refractivity contribution is 14.1. The van der Waals surface area contributed by atoms with Crippen molar-refractivity contribution in [3.05, 3.63) is 44.0 Å². The third-order valence-electron chi connectivity index (χ3n) is 5.07. The summed E-state index contributed by atoms with van der Waals surface area (Å²) in [4.78, 5) is 11.9. The molecule has 0 heterocycles. The standard InChI is InChI=1S/C20H12BrF17INO/c21-10-5-3-9(4-6-10)12(41)40-7-1-2-11(39)8-13(22,23)14(24,25)15(26,27)16(28,29)17(30,31)18(32,33)19(34,35)20(36,37)38/h3-6,8H,1-2,7H2,(H,40,41). The molecule has 0 atom stereocenters. The summed E-state index contributed by atoms with van der Waals surface area (Å²) in [5, 5.41) is 2.23. The Bertz CT molecular complexity index is 1120. The Morgan fingerprint density at radius 3 is 1.49 bits per heavy atom. The average molecular weight is 812 g/mol. The van der Waals surface area contributed by atoms with Gasteiger partial charge in [0.1, 0.15) is 0 Å². The molecule has 0 aliphatic heterocycles. The molecule has 1 rings (SSSR count). The normalized spacial score (nSPS) is 15.2.